The van der Waals surface area contributed by atoms with Crippen LogP contribution in [0.4, 0.5) is 5.82 Å². The normalized spacial score (nSPS) is 16.8. The number of amides is 1. The molecular weight excluding hydrogens is 306 g/mol. The maximum Gasteiger partial charge on any atom is 0.256 e. The second-order valence-corrected chi connectivity index (χ2v) is 6.71. The lowest BCUT2D eigenvalue weighted by Gasteiger charge is -2.40. The van der Waals surface area contributed by atoms with Crippen molar-refractivity contribution >= 4 is 11.7 Å². The molecule has 3 heterocycles. The molecule has 1 aliphatic carbocycles. The van der Waals surface area contributed by atoms with E-state index in [-0.39, 0.29) is 5.91 Å². The molecule has 1 aliphatic heterocycles. The molecule has 0 radical (unpaired) electrons. The Balaban J connectivity index is 1.30. The Labute approximate surface area is 140 Å². The summed E-state index contributed by atoms with van der Waals surface area (Å²) in [5, 5.41) is 15.5. The van der Waals surface area contributed by atoms with Crippen molar-refractivity contribution in [3.63, 3.8) is 0 Å². The van der Waals surface area contributed by atoms with Crippen LogP contribution in [-0.4, -0.2) is 40.9 Å². The van der Waals surface area contributed by atoms with Crippen molar-refractivity contribution in [1.29, 1.82) is 0 Å². The van der Waals surface area contributed by atoms with Gasteiger partial charge in [-0.25, -0.2) is 0 Å². The Bertz CT molecular complexity index is 760. The molecule has 2 aromatic rings. The monoisotopic (exact) mass is 327 g/mol. The molecule has 0 atom stereocenters. The third kappa shape index (κ3) is 2.64. The first-order valence-electron chi connectivity index (χ1n) is 8.43. The summed E-state index contributed by atoms with van der Waals surface area (Å²) in [6.45, 7) is 5.98. The second kappa shape index (κ2) is 5.89. The number of anilines is 1. The van der Waals surface area contributed by atoms with Crippen LogP contribution >= 0.6 is 0 Å². The van der Waals surface area contributed by atoms with E-state index in [4.69, 9.17) is 4.52 Å². The first-order valence-corrected chi connectivity index (χ1v) is 8.43. The van der Waals surface area contributed by atoms with Crippen molar-refractivity contribution < 1.29 is 9.32 Å². The first kappa shape index (κ1) is 15.1. The summed E-state index contributed by atoms with van der Waals surface area (Å²) in [7, 11) is 0. The van der Waals surface area contributed by atoms with E-state index >= 15 is 0 Å². The fourth-order valence-electron chi connectivity index (χ4n) is 3.49. The van der Waals surface area contributed by atoms with Crippen LogP contribution in [-0.2, 0) is 12.8 Å². The lowest BCUT2D eigenvalue weighted by atomic mass is 9.99. The largest absolute Gasteiger partial charge is 0.361 e. The van der Waals surface area contributed by atoms with Gasteiger partial charge in [0.15, 0.2) is 5.82 Å². The van der Waals surface area contributed by atoms with Gasteiger partial charge in [0.05, 0.1) is 11.4 Å². The van der Waals surface area contributed by atoms with Crippen molar-refractivity contribution in [2.24, 2.45) is 5.92 Å². The molecule has 2 aliphatic rings. The molecule has 7 heteroatoms. The zero-order chi connectivity index (χ0) is 16.7. The molecule has 2 aromatic heterocycles. The highest BCUT2D eigenvalue weighted by molar-refractivity contribution is 5.96. The summed E-state index contributed by atoms with van der Waals surface area (Å²) in [6, 6.07) is 2.17. The maximum atomic E-state index is 12.2. The van der Waals surface area contributed by atoms with Gasteiger partial charge in [-0.15, -0.1) is 5.10 Å². The predicted molar refractivity (Wildman–Crippen MR) is 88.1 cm³/mol. The molecule has 24 heavy (non-hydrogen) atoms. The molecule has 1 fully saturated rings. The van der Waals surface area contributed by atoms with E-state index in [2.05, 4.69) is 31.6 Å². The zero-order valence-electron chi connectivity index (χ0n) is 14.0. The van der Waals surface area contributed by atoms with Gasteiger partial charge in [-0.05, 0) is 44.7 Å². The van der Waals surface area contributed by atoms with E-state index < -0.39 is 0 Å². The molecule has 1 saturated heterocycles. The number of carbonyl (C=O) groups excluding carboxylic acids is 1. The summed E-state index contributed by atoms with van der Waals surface area (Å²) >= 11 is 0. The molecule has 7 nitrogen and oxygen atoms in total. The summed E-state index contributed by atoms with van der Waals surface area (Å²) in [4.78, 5) is 14.4. The third-order valence-electron chi connectivity index (χ3n) is 4.90. The van der Waals surface area contributed by atoms with E-state index in [1.807, 2.05) is 0 Å². The molecule has 126 valence electrons. The van der Waals surface area contributed by atoms with Crippen LogP contribution in [0.15, 0.2) is 10.6 Å². The minimum Gasteiger partial charge on any atom is -0.361 e. The molecule has 0 saturated carbocycles. The average Bonchev–Trinajstić information content (AvgIpc) is 3.11. The van der Waals surface area contributed by atoms with Crippen molar-refractivity contribution in [2.75, 3.05) is 24.5 Å². The summed E-state index contributed by atoms with van der Waals surface area (Å²) in [5.74, 6) is 1.85. The van der Waals surface area contributed by atoms with Gasteiger partial charge < -0.3 is 14.7 Å². The molecule has 0 unspecified atom stereocenters. The van der Waals surface area contributed by atoms with Gasteiger partial charge in [0.25, 0.3) is 5.91 Å². The van der Waals surface area contributed by atoms with E-state index in [9.17, 15) is 4.79 Å². The topological polar surface area (TPSA) is 84.2 Å². The molecule has 0 aromatic carbocycles. The Morgan fingerprint density at radius 2 is 2.17 bits per heavy atom. The maximum absolute atomic E-state index is 12.2. The van der Waals surface area contributed by atoms with E-state index in [1.54, 1.807) is 13.8 Å². The molecule has 4 rings (SSSR count). The van der Waals surface area contributed by atoms with E-state index in [0.29, 0.717) is 29.5 Å². The minimum absolute atomic E-state index is 0.109. The van der Waals surface area contributed by atoms with Gasteiger partial charge in [0.2, 0.25) is 0 Å². The van der Waals surface area contributed by atoms with Crippen molar-refractivity contribution in [2.45, 2.75) is 33.1 Å². The number of rotatable bonds is 4. The van der Waals surface area contributed by atoms with Gasteiger partial charge in [-0.3, -0.25) is 4.79 Å². The number of aryl methyl sites for hydroxylation is 4. The fraction of sp³-hybridized carbons (Fsp3) is 0.529. The van der Waals surface area contributed by atoms with Crippen LogP contribution in [0.5, 0.6) is 0 Å². The standard InChI is InChI=1S/C17H21N5O2/c1-10-16(11(2)24-21-10)17(23)18-7-12-8-22(9-12)15-6-13-4-3-5-14(13)19-20-15/h6,12H,3-5,7-9H2,1-2H3,(H,18,23). The lowest BCUT2D eigenvalue weighted by Crippen LogP contribution is -2.52. The Hall–Kier alpha value is -2.44. The van der Waals surface area contributed by atoms with Crippen LogP contribution in [0.25, 0.3) is 0 Å². The van der Waals surface area contributed by atoms with E-state index in [1.165, 1.54) is 12.0 Å². The van der Waals surface area contributed by atoms with Crippen LogP contribution in [0, 0.1) is 19.8 Å². The van der Waals surface area contributed by atoms with Crippen molar-refractivity contribution in [3.8, 4) is 0 Å². The highest BCUT2D eigenvalue weighted by Gasteiger charge is 2.30. The lowest BCUT2D eigenvalue weighted by molar-refractivity contribution is 0.0942. The smallest absolute Gasteiger partial charge is 0.256 e. The minimum atomic E-state index is -0.109. The first-order chi connectivity index (χ1) is 11.6. The summed E-state index contributed by atoms with van der Waals surface area (Å²) in [6.07, 6.45) is 3.35. The molecular formula is C17H21N5O2. The number of hydrogen-bond donors (Lipinski definition) is 1. The Morgan fingerprint density at radius 1 is 1.33 bits per heavy atom. The molecule has 0 spiro atoms. The predicted octanol–water partition coefficient (Wildman–Crippen LogP) is 1.44. The van der Waals surface area contributed by atoms with Gasteiger partial charge in [0, 0.05) is 25.6 Å². The quantitative estimate of drug-likeness (QED) is 0.915. The van der Waals surface area contributed by atoms with Crippen LogP contribution in [0.3, 0.4) is 0 Å². The number of carbonyl (C=O) groups is 1. The molecule has 1 N–H and O–H groups in total. The number of hydrogen-bond acceptors (Lipinski definition) is 6. The SMILES string of the molecule is Cc1noc(C)c1C(=O)NCC1CN(c2cc3c(nn2)CCC3)C1. The Morgan fingerprint density at radius 3 is 2.92 bits per heavy atom. The summed E-state index contributed by atoms with van der Waals surface area (Å²) in [5.41, 5.74) is 3.68. The fourth-order valence-corrected chi connectivity index (χ4v) is 3.49. The third-order valence-corrected chi connectivity index (χ3v) is 4.90. The average molecular weight is 327 g/mol. The highest BCUT2D eigenvalue weighted by Crippen LogP contribution is 2.27. The van der Waals surface area contributed by atoms with Gasteiger partial charge in [-0.1, -0.05) is 5.16 Å². The van der Waals surface area contributed by atoms with Gasteiger partial charge >= 0.3 is 0 Å². The number of nitrogens with one attached hydrogen (secondary N) is 1. The van der Waals surface area contributed by atoms with Crippen LogP contribution in [0.1, 0.15) is 39.5 Å². The second-order valence-electron chi connectivity index (χ2n) is 6.71. The zero-order valence-corrected chi connectivity index (χ0v) is 14.0. The highest BCUT2D eigenvalue weighted by atomic mass is 16.5. The number of fused-ring (bicyclic) bond motifs is 1. The van der Waals surface area contributed by atoms with E-state index in [0.717, 1.165) is 37.4 Å². The number of aromatic nitrogens is 3. The Kier molecular flexibility index (Phi) is 3.70. The van der Waals surface area contributed by atoms with Crippen LogP contribution in [0.2, 0.25) is 0 Å². The van der Waals surface area contributed by atoms with Gasteiger partial charge in [-0.2, -0.15) is 5.10 Å². The molecule has 0 bridgehead atoms. The summed E-state index contributed by atoms with van der Waals surface area (Å²) < 4.78 is 5.04. The van der Waals surface area contributed by atoms with Crippen LogP contribution < -0.4 is 10.2 Å². The van der Waals surface area contributed by atoms with Gasteiger partial charge in [0.1, 0.15) is 11.3 Å². The number of nitrogens with zero attached hydrogens (tertiary/aromatic N) is 4. The molecule has 1 amide bonds. The van der Waals surface area contributed by atoms with Crippen molar-refractivity contribution in [3.05, 3.63) is 34.3 Å². The van der Waals surface area contributed by atoms with Crippen molar-refractivity contribution in [1.82, 2.24) is 20.7 Å².